The van der Waals surface area contributed by atoms with Gasteiger partial charge in [0.1, 0.15) is 0 Å². The van der Waals surface area contributed by atoms with Gasteiger partial charge in [0.25, 0.3) is 0 Å². The van der Waals surface area contributed by atoms with Crippen LogP contribution in [0.15, 0.2) is 73.2 Å². The van der Waals surface area contributed by atoms with Crippen molar-refractivity contribution in [3.05, 3.63) is 84.6 Å². The third-order valence-electron chi connectivity index (χ3n) is 5.22. The van der Waals surface area contributed by atoms with E-state index in [9.17, 15) is 4.79 Å². The smallest absolute Gasteiger partial charge is 0.247 e. The van der Waals surface area contributed by atoms with Crippen LogP contribution < -0.4 is 0 Å². The van der Waals surface area contributed by atoms with Gasteiger partial charge < -0.3 is 4.90 Å². The van der Waals surface area contributed by atoms with Crippen LogP contribution in [0.1, 0.15) is 30.3 Å². The number of para-hydroxylation sites is 1. The summed E-state index contributed by atoms with van der Waals surface area (Å²) >= 11 is 0. The fourth-order valence-electron chi connectivity index (χ4n) is 3.79. The highest BCUT2D eigenvalue weighted by atomic mass is 16.2. The topological polar surface area (TPSA) is 68.3 Å². The first-order valence-corrected chi connectivity index (χ1v) is 9.68. The zero-order valence-electron chi connectivity index (χ0n) is 15.8. The molecule has 3 aromatic heterocycles. The minimum Gasteiger partial charge on any atom is -0.329 e. The molecule has 1 atom stereocenters. The molecule has 0 spiro atoms. The average molecular weight is 384 g/mol. The van der Waals surface area contributed by atoms with Crippen molar-refractivity contribution >= 4 is 17.6 Å². The molecule has 0 N–H and O–H groups in total. The summed E-state index contributed by atoms with van der Waals surface area (Å²) in [7, 11) is 0. The van der Waals surface area contributed by atoms with Crippen molar-refractivity contribution in [1.82, 2.24) is 29.3 Å². The molecule has 1 aromatic carbocycles. The molecule has 1 fully saturated rings. The Labute approximate surface area is 167 Å². The van der Waals surface area contributed by atoms with E-state index in [1.165, 1.54) is 0 Å². The average Bonchev–Trinajstić information content (AvgIpc) is 3.51. The maximum absolute atomic E-state index is 12.9. The van der Waals surface area contributed by atoms with Gasteiger partial charge in [0.2, 0.25) is 5.91 Å². The number of nitrogens with zero attached hydrogens (tertiary/aromatic N) is 6. The van der Waals surface area contributed by atoms with E-state index in [0.717, 1.165) is 42.1 Å². The molecule has 1 saturated heterocycles. The van der Waals surface area contributed by atoms with Crippen LogP contribution in [-0.4, -0.2) is 41.7 Å². The first kappa shape index (κ1) is 17.4. The molecule has 1 aliphatic rings. The molecule has 1 aliphatic heterocycles. The molecular formula is C22H20N6O. The Morgan fingerprint density at radius 3 is 2.83 bits per heavy atom. The van der Waals surface area contributed by atoms with Crippen molar-refractivity contribution in [2.24, 2.45) is 0 Å². The molecule has 5 rings (SSSR count). The van der Waals surface area contributed by atoms with E-state index in [-0.39, 0.29) is 11.9 Å². The number of likely N-dealkylation sites (tertiary alicyclic amines) is 1. The minimum absolute atomic E-state index is 0.0207. The number of fused-ring (bicyclic) bond motifs is 1. The number of carbonyl (C=O) groups excluding carboxylic acids is 1. The van der Waals surface area contributed by atoms with Gasteiger partial charge in [-0.15, -0.1) is 10.2 Å². The molecule has 7 heteroatoms. The maximum atomic E-state index is 12.9. The molecule has 144 valence electrons. The first-order valence-electron chi connectivity index (χ1n) is 9.68. The van der Waals surface area contributed by atoms with E-state index in [0.29, 0.717) is 0 Å². The monoisotopic (exact) mass is 384 g/mol. The third-order valence-corrected chi connectivity index (χ3v) is 5.22. The van der Waals surface area contributed by atoms with Crippen molar-refractivity contribution in [3.8, 4) is 5.69 Å². The second-order valence-electron chi connectivity index (χ2n) is 7.06. The van der Waals surface area contributed by atoms with Crippen LogP contribution in [0.3, 0.4) is 0 Å². The van der Waals surface area contributed by atoms with Crippen LogP contribution in [0.5, 0.6) is 0 Å². The zero-order chi connectivity index (χ0) is 19.6. The number of aromatic nitrogens is 5. The summed E-state index contributed by atoms with van der Waals surface area (Å²) in [6.45, 7) is 0.721. The standard InChI is InChI=1S/C22H20N6O/c29-21(12-11-17-15-23-28(16-17)18-7-2-1-3-8-18)26-14-6-9-19(26)22-25-24-20-10-4-5-13-27(20)22/h1-5,7-8,10-13,15-16,19H,6,9,14H2. The summed E-state index contributed by atoms with van der Waals surface area (Å²) in [5.41, 5.74) is 2.66. The van der Waals surface area contributed by atoms with E-state index in [1.807, 2.05) is 76.3 Å². The van der Waals surface area contributed by atoms with E-state index >= 15 is 0 Å². The lowest BCUT2D eigenvalue weighted by Gasteiger charge is -2.22. The summed E-state index contributed by atoms with van der Waals surface area (Å²) in [6.07, 6.45) is 10.9. The van der Waals surface area contributed by atoms with E-state index < -0.39 is 0 Å². The number of carbonyl (C=O) groups is 1. The predicted molar refractivity (Wildman–Crippen MR) is 109 cm³/mol. The Balaban J connectivity index is 1.34. The Kier molecular flexibility index (Phi) is 4.40. The van der Waals surface area contributed by atoms with Crippen molar-refractivity contribution in [2.45, 2.75) is 18.9 Å². The number of pyridine rings is 1. The number of benzene rings is 1. The molecule has 29 heavy (non-hydrogen) atoms. The quantitative estimate of drug-likeness (QED) is 0.506. The van der Waals surface area contributed by atoms with Crippen LogP contribution in [0.25, 0.3) is 17.4 Å². The number of rotatable bonds is 4. The molecule has 0 aliphatic carbocycles. The number of amides is 1. The second kappa shape index (κ2) is 7.35. The summed E-state index contributed by atoms with van der Waals surface area (Å²) in [6, 6.07) is 15.6. The minimum atomic E-state index is -0.0587. The Hall–Kier alpha value is -3.74. The SMILES string of the molecule is O=C(C=Cc1cnn(-c2ccccc2)c1)N1CCCC1c1nnc2ccccn12. The fraction of sp³-hybridized carbons (Fsp3) is 0.182. The largest absolute Gasteiger partial charge is 0.329 e. The van der Waals surface area contributed by atoms with E-state index in [1.54, 1.807) is 17.0 Å². The van der Waals surface area contributed by atoms with E-state index in [2.05, 4.69) is 15.3 Å². The van der Waals surface area contributed by atoms with E-state index in [4.69, 9.17) is 0 Å². The van der Waals surface area contributed by atoms with Crippen molar-refractivity contribution in [3.63, 3.8) is 0 Å². The molecule has 1 amide bonds. The summed E-state index contributed by atoms with van der Waals surface area (Å²) in [5, 5.41) is 12.9. The van der Waals surface area contributed by atoms with Gasteiger partial charge in [-0.25, -0.2) is 4.68 Å². The molecule has 0 radical (unpaired) electrons. The van der Waals surface area contributed by atoms with Crippen molar-refractivity contribution in [2.75, 3.05) is 6.54 Å². The highest BCUT2D eigenvalue weighted by Gasteiger charge is 2.32. The summed E-state index contributed by atoms with van der Waals surface area (Å²) in [4.78, 5) is 14.8. The van der Waals surface area contributed by atoms with Crippen LogP contribution in [0.4, 0.5) is 0 Å². The zero-order valence-corrected chi connectivity index (χ0v) is 15.8. The van der Waals surface area contributed by atoms with Gasteiger partial charge in [-0.3, -0.25) is 9.20 Å². The lowest BCUT2D eigenvalue weighted by atomic mass is 10.2. The molecular weight excluding hydrogens is 364 g/mol. The van der Waals surface area contributed by atoms with Crippen LogP contribution in [0, 0.1) is 0 Å². The predicted octanol–water partition coefficient (Wildman–Crippen LogP) is 3.29. The Bertz CT molecular complexity index is 1180. The van der Waals surface area contributed by atoms with Crippen LogP contribution in [0.2, 0.25) is 0 Å². The first-order chi connectivity index (χ1) is 14.3. The molecule has 1 unspecified atom stereocenters. The van der Waals surface area contributed by atoms with Gasteiger partial charge in [-0.1, -0.05) is 24.3 Å². The fourth-order valence-corrected chi connectivity index (χ4v) is 3.79. The summed E-state index contributed by atoms with van der Waals surface area (Å²) in [5.74, 6) is 0.796. The van der Waals surface area contributed by atoms with Crippen molar-refractivity contribution < 1.29 is 4.79 Å². The van der Waals surface area contributed by atoms with Gasteiger partial charge in [0, 0.05) is 30.6 Å². The Morgan fingerprint density at radius 2 is 1.93 bits per heavy atom. The van der Waals surface area contributed by atoms with Crippen LogP contribution >= 0.6 is 0 Å². The van der Waals surface area contributed by atoms with Crippen LogP contribution in [-0.2, 0) is 4.79 Å². The molecule has 0 bridgehead atoms. The van der Waals surface area contributed by atoms with Crippen molar-refractivity contribution in [1.29, 1.82) is 0 Å². The normalized spacial score (nSPS) is 16.8. The van der Waals surface area contributed by atoms with Gasteiger partial charge in [0.15, 0.2) is 11.5 Å². The highest BCUT2D eigenvalue weighted by molar-refractivity contribution is 5.92. The number of hydrogen-bond donors (Lipinski definition) is 0. The highest BCUT2D eigenvalue weighted by Crippen LogP contribution is 2.31. The molecule has 4 heterocycles. The Morgan fingerprint density at radius 1 is 1.07 bits per heavy atom. The lowest BCUT2D eigenvalue weighted by Crippen LogP contribution is -2.30. The third kappa shape index (κ3) is 3.31. The second-order valence-corrected chi connectivity index (χ2v) is 7.06. The van der Waals surface area contributed by atoms with Gasteiger partial charge >= 0.3 is 0 Å². The molecule has 0 saturated carbocycles. The van der Waals surface area contributed by atoms with Gasteiger partial charge in [-0.2, -0.15) is 5.10 Å². The van der Waals surface area contributed by atoms with Gasteiger partial charge in [-0.05, 0) is 43.2 Å². The maximum Gasteiger partial charge on any atom is 0.247 e. The lowest BCUT2D eigenvalue weighted by molar-refractivity contribution is -0.127. The molecule has 4 aromatic rings. The number of hydrogen-bond acceptors (Lipinski definition) is 4. The summed E-state index contributed by atoms with van der Waals surface area (Å²) < 4.78 is 3.76. The molecule has 7 nitrogen and oxygen atoms in total. The van der Waals surface area contributed by atoms with Gasteiger partial charge in [0.05, 0.1) is 17.9 Å².